The van der Waals surface area contributed by atoms with E-state index in [4.69, 9.17) is 14.2 Å². The zero-order valence-corrected chi connectivity index (χ0v) is 17.4. The highest BCUT2D eigenvalue weighted by Crippen LogP contribution is 2.20. The lowest BCUT2D eigenvalue weighted by Crippen LogP contribution is -2.12. The van der Waals surface area contributed by atoms with Crippen LogP contribution in [0.1, 0.15) is 11.1 Å². The van der Waals surface area contributed by atoms with Crippen LogP contribution in [0.5, 0.6) is 5.88 Å². The van der Waals surface area contributed by atoms with Crippen molar-refractivity contribution >= 4 is 40.4 Å². The monoisotopic (exact) mass is 486 g/mol. The van der Waals surface area contributed by atoms with Gasteiger partial charge in [0.1, 0.15) is 13.3 Å². The third kappa shape index (κ3) is 8.23. The van der Waals surface area contributed by atoms with E-state index < -0.39 is 6.67 Å². The van der Waals surface area contributed by atoms with E-state index in [-0.39, 0.29) is 6.61 Å². The molecule has 0 unspecified atom stereocenters. The van der Waals surface area contributed by atoms with E-state index in [9.17, 15) is 4.39 Å². The maximum Gasteiger partial charge on any atom is 0.227 e. The first-order chi connectivity index (χ1) is 13.2. The fraction of sp³-hybridized carbons (Fsp3) is 0.350. The van der Waals surface area contributed by atoms with Gasteiger partial charge >= 0.3 is 0 Å². The summed E-state index contributed by atoms with van der Waals surface area (Å²) in [5.74, 6) is 0.586. The van der Waals surface area contributed by atoms with Crippen molar-refractivity contribution in [3.8, 4) is 5.88 Å². The number of anilines is 1. The number of nitrogens with zero attached hydrogens (tertiary/aromatic N) is 1. The summed E-state index contributed by atoms with van der Waals surface area (Å²) in [5.41, 5.74) is 3.21. The molecule has 0 fully saturated rings. The number of nitrogens with one attached hydrogen (secondary N) is 1. The normalized spacial score (nSPS) is 11.1. The summed E-state index contributed by atoms with van der Waals surface area (Å²) in [4.78, 5) is 4.36. The van der Waals surface area contributed by atoms with E-state index in [1.54, 1.807) is 6.20 Å². The molecule has 0 amide bonds. The molecule has 1 aromatic carbocycles. The van der Waals surface area contributed by atoms with Gasteiger partial charge in [-0.05, 0) is 51.9 Å². The first-order valence-corrected chi connectivity index (χ1v) is 9.76. The standard InChI is InChI=1S/C20H24FIN2O3/c1-23-18-6-4-16(5-7-18)2-3-17-14-19(22)20(24-15-17)27-13-12-26-11-10-25-9-8-21/h2-7,14-15,23H,8-13H2,1H3/b3-2+. The minimum atomic E-state index is -0.471. The fourth-order valence-corrected chi connectivity index (χ4v) is 2.82. The molecule has 1 heterocycles. The molecular formula is C20H24FIN2O3. The third-order valence-electron chi connectivity index (χ3n) is 3.56. The Balaban J connectivity index is 1.76. The minimum absolute atomic E-state index is 0.115. The second-order valence-electron chi connectivity index (χ2n) is 5.52. The van der Waals surface area contributed by atoms with Gasteiger partial charge in [0.2, 0.25) is 5.88 Å². The molecule has 0 bridgehead atoms. The van der Waals surface area contributed by atoms with Gasteiger partial charge in [-0.2, -0.15) is 0 Å². The zero-order valence-electron chi connectivity index (χ0n) is 15.3. The van der Waals surface area contributed by atoms with E-state index in [1.807, 2.05) is 37.4 Å². The molecular weight excluding hydrogens is 462 g/mol. The number of benzene rings is 1. The number of rotatable bonds is 12. The summed E-state index contributed by atoms with van der Waals surface area (Å²) in [6, 6.07) is 10.2. The summed E-state index contributed by atoms with van der Waals surface area (Å²) in [7, 11) is 1.90. The van der Waals surface area contributed by atoms with Crippen molar-refractivity contribution in [2.24, 2.45) is 0 Å². The summed E-state index contributed by atoms with van der Waals surface area (Å²) < 4.78 is 28.7. The van der Waals surface area contributed by atoms with E-state index in [2.05, 4.69) is 45.0 Å². The van der Waals surface area contributed by atoms with E-state index in [0.29, 0.717) is 32.3 Å². The Kier molecular flexibility index (Phi) is 10.1. The highest BCUT2D eigenvalue weighted by Gasteiger charge is 2.03. The van der Waals surface area contributed by atoms with Crippen LogP contribution in [0.4, 0.5) is 10.1 Å². The highest BCUT2D eigenvalue weighted by molar-refractivity contribution is 14.1. The van der Waals surface area contributed by atoms with Gasteiger partial charge in [0.25, 0.3) is 0 Å². The Morgan fingerprint density at radius 3 is 2.33 bits per heavy atom. The Morgan fingerprint density at radius 1 is 1.00 bits per heavy atom. The molecule has 0 aliphatic heterocycles. The predicted octanol–water partition coefficient (Wildman–Crippen LogP) is 4.28. The lowest BCUT2D eigenvalue weighted by atomic mass is 10.1. The van der Waals surface area contributed by atoms with Crippen LogP contribution < -0.4 is 10.1 Å². The molecule has 7 heteroatoms. The van der Waals surface area contributed by atoms with Gasteiger partial charge in [-0.25, -0.2) is 9.37 Å². The van der Waals surface area contributed by atoms with Crippen LogP contribution in [0.2, 0.25) is 0 Å². The number of ether oxygens (including phenoxy) is 3. The second-order valence-corrected chi connectivity index (χ2v) is 6.69. The number of aromatic nitrogens is 1. The molecule has 0 saturated carbocycles. The van der Waals surface area contributed by atoms with Gasteiger partial charge in [0, 0.05) is 18.9 Å². The Labute approximate surface area is 173 Å². The molecule has 2 aromatic rings. The van der Waals surface area contributed by atoms with Gasteiger partial charge in [0.15, 0.2) is 0 Å². The van der Waals surface area contributed by atoms with Gasteiger partial charge in [-0.3, -0.25) is 0 Å². The number of hydrogen-bond acceptors (Lipinski definition) is 5. The molecule has 0 saturated heterocycles. The van der Waals surface area contributed by atoms with E-state index in [1.165, 1.54) is 0 Å². The van der Waals surface area contributed by atoms with Crippen molar-refractivity contribution in [1.29, 1.82) is 0 Å². The quantitative estimate of drug-likeness (QED) is 0.359. The molecule has 2 rings (SSSR count). The van der Waals surface area contributed by atoms with Crippen LogP contribution in [0.3, 0.4) is 0 Å². The zero-order chi connectivity index (χ0) is 19.3. The van der Waals surface area contributed by atoms with Crippen molar-refractivity contribution in [2.45, 2.75) is 0 Å². The van der Waals surface area contributed by atoms with Gasteiger partial charge in [-0.15, -0.1) is 0 Å². The predicted molar refractivity (Wildman–Crippen MR) is 115 cm³/mol. The Morgan fingerprint density at radius 2 is 1.67 bits per heavy atom. The maximum atomic E-state index is 11.8. The molecule has 0 aliphatic rings. The number of pyridine rings is 1. The van der Waals surface area contributed by atoms with Gasteiger partial charge in [-0.1, -0.05) is 24.3 Å². The van der Waals surface area contributed by atoms with Crippen molar-refractivity contribution in [3.05, 3.63) is 51.2 Å². The number of hydrogen-bond donors (Lipinski definition) is 1. The van der Waals surface area contributed by atoms with Crippen molar-refractivity contribution in [2.75, 3.05) is 52.1 Å². The van der Waals surface area contributed by atoms with Crippen LogP contribution in [-0.2, 0) is 9.47 Å². The van der Waals surface area contributed by atoms with Crippen LogP contribution in [0.15, 0.2) is 36.5 Å². The molecule has 5 nitrogen and oxygen atoms in total. The number of halogens is 2. The Bertz CT molecular complexity index is 711. The van der Waals surface area contributed by atoms with Crippen LogP contribution >= 0.6 is 22.6 Å². The average molecular weight is 486 g/mol. The molecule has 0 atom stereocenters. The first-order valence-electron chi connectivity index (χ1n) is 8.68. The molecule has 0 aliphatic carbocycles. The molecule has 146 valence electrons. The third-order valence-corrected chi connectivity index (χ3v) is 4.33. The summed E-state index contributed by atoms with van der Waals surface area (Å²) in [6.45, 7) is 1.29. The molecule has 1 N–H and O–H groups in total. The van der Waals surface area contributed by atoms with Gasteiger partial charge < -0.3 is 19.5 Å². The smallest absolute Gasteiger partial charge is 0.227 e. The van der Waals surface area contributed by atoms with Crippen LogP contribution in [-0.4, -0.2) is 51.7 Å². The minimum Gasteiger partial charge on any atom is -0.474 e. The topological polar surface area (TPSA) is 52.6 Å². The summed E-state index contributed by atoms with van der Waals surface area (Å²) in [5, 5.41) is 3.10. The fourth-order valence-electron chi connectivity index (χ4n) is 2.16. The largest absolute Gasteiger partial charge is 0.474 e. The molecule has 27 heavy (non-hydrogen) atoms. The molecule has 1 aromatic heterocycles. The van der Waals surface area contributed by atoms with E-state index >= 15 is 0 Å². The van der Waals surface area contributed by atoms with Crippen molar-refractivity contribution in [3.63, 3.8) is 0 Å². The number of alkyl halides is 1. The van der Waals surface area contributed by atoms with Crippen LogP contribution in [0.25, 0.3) is 12.2 Å². The van der Waals surface area contributed by atoms with Gasteiger partial charge in [0.05, 0.1) is 30.0 Å². The lowest BCUT2D eigenvalue weighted by molar-refractivity contribution is 0.0319. The summed E-state index contributed by atoms with van der Waals surface area (Å²) in [6.07, 6.45) is 5.85. The lowest BCUT2D eigenvalue weighted by Gasteiger charge is -2.08. The van der Waals surface area contributed by atoms with Crippen LogP contribution in [0, 0.1) is 3.57 Å². The van der Waals surface area contributed by atoms with Crippen molar-refractivity contribution in [1.82, 2.24) is 4.98 Å². The van der Waals surface area contributed by atoms with E-state index in [0.717, 1.165) is 20.4 Å². The molecule has 0 spiro atoms. The Hall–Kier alpha value is -1.71. The van der Waals surface area contributed by atoms with Crippen molar-refractivity contribution < 1.29 is 18.6 Å². The molecule has 0 radical (unpaired) electrons. The first kappa shape index (κ1) is 21.6. The maximum absolute atomic E-state index is 11.8. The summed E-state index contributed by atoms with van der Waals surface area (Å²) >= 11 is 2.21. The average Bonchev–Trinajstić information content (AvgIpc) is 2.70. The highest BCUT2D eigenvalue weighted by atomic mass is 127. The second kappa shape index (κ2) is 12.6. The SMILES string of the molecule is CNc1ccc(/C=C/c2cnc(OCCOCCOCCF)c(I)c2)cc1.